The molecule has 0 aliphatic carbocycles. The average Bonchev–Trinajstić information content (AvgIpc) is 3.18. The second kappa shape index (κ2) is 22.6. The summed E-state index contributed by atoms with van der Waals surface area (Å²) >= 11 is 0. The van der Waals surface area contributed by atoms with Crippen molar-refractivity contribution < 1.29 is 94.2 Å². The maximum absolute atomic E-state index is 12.7. The minimum absolute atomic E-state index is 0.0944. The predicted octanol–water partition coefficient (Wildman–Crippen LogP) is -3.05. The molecule has 0 aromatic carbocycles. The highest BCUT2D eigenvalue weighted by Gasteiger charge is 2.48. The summed E-state index contributed by atoms with van der Waals surface area (Å²) in [5.74, 6) is -1.75. The van der Waals surface area contributed by atoms with Gasteiger partial charge in [-0.3, -0.25) is 0 Å². The molecule has 3 aliphatic rings. The second-order valence-corrected chi connectivity index (χ2v) is 13.7. The Morgan fingerprint density at radius 3 is 1.23 bits per heavy atom. The van der Waals surface area contributed by atoms with Crippen molar-refractivity contribution in [2.45, 2.75) is 120 Å². The fourth-order valence-corrected chi connectivity index (χ4v) is 5.46. The summed E-state index contributed by atoms with van der Waals surface area (Å²) in [4.78, 5) is 25.2. The van der Waals surface area contributed by atoms with E-state index in [2.05, 4.69) is 0 Å². The molecular weight excluding hydrogens is 760 g/mol. The first-order valence-electron chi connectivity index (χ1n) is 18.0. The van der Waals surface area contributed by atoms with Crippen LogP contribution in [0.25, 0.3) is 0 Å². The number of esters is 2. The average molecular weight is 815 g/mol. The summed E-state index contributed by atoms with van der Waals surface area (Å²) in [5.41, 5.74) is 1.86. The van der Waals surface area contributed by atoms with Gasteiger partial charge in [-0.05, 0) is 27.7 Å². The maximum atomic E-state index is 12.7. The van der Waals surface area contributed by atoms with E-state index < -0.39 is 124 Å². The van der Waals surface area contributed by atoms with Crippen LogP contribution in [0.15, 0.2) is 83.1 Å². The first-order chi connectivity index (χ1) is 26.9. The first kappa shape index (κ1) is 47.9. The second-order valence-electron chi connectivity index (χ2n) is 13.7. The Labute approximate surface area is 328 Å². The molecule has 0 saturated carbocycles. The maximum Gasteiger partial charge on any atom is 0.336 e. The Morgan fingerprint density at radius 2 is 0.825 bits per heavy atom. The molecule has 0 aromatic rings. The fourth-order valence-electron chi connectivity index (χ4n) is 5.46. The van der Waals surface area contributed by atoms with Crippen molar-refractivity contribution in [3.05, 3.63) is 83.1 Å². The molecule has 57 heavy (non-hydrogen) atoms. The standard InChI is InChI=1S/C38H54O19/c1-18(11-7-13-20(3)34(50)56-37-32(48)29(45)26(42)23(16-40)54-37)9-5-6-10-19(2)12-8-14-21(4)35(51)57-38-33(49)30(46)27(43)24(55-38)17-52-36-31(47)28(44)25(41)22(15-39)53-36/h5-14,22-33,36-49H,15-17H2,1-4H3/b6-5+,11-7+,12-8+,18-9-,19-10+,20-13+,21-14+/t22?,23?,24?,25-,26-,27-,28?,29?,30?,31?,32?,33?,36-,37+,38+/m1/s1. The first-order valence-corrected chi connectivity index (χ1v) is 18.0. The highest BCUT2D eigenvalue weighted by atomic mass is 16.7. The minimum atomic E-state index is -1.83. The van der Waals surface area contributed by atoms with Crippen molar-refractivity contribution in [3.63, 3.8) is 0 Å². The van der Waals surface area contributed by atoms with Crippen LogP contribution >= 0.6 is 0 Å². The fraction of sp³-hybridized carbons (Fsp3) is 0.579. The third-order valence-electron chi connectivity index (χ3n) is 9.12. The molecular formula is C38H54O19. The lowest BCUT2D eigenvalue weighted by atomic mass is 9.98. The lowest BCUT2D eigenvalue weighted by Gasteiger charge is -2.42. The van der Waals surface area contributed by atoms with E-state index in [1.54, 1.807) is 55.5 Å². The number of aliphatic hydroxyl groups excluding tert-OH is 11. The van der Waals surface area contributed by atoms with Gasteiger partial charge in [0.1, 0.15) is 73.2 Å². The van der Waals surface area contributed by atoms with Crippen LogP contribution in [0.5, 0.6) is 0 Å². The van der Waals surface area contributed by atoms with E-state index in [0.29, 0.717) is 0 Å². The van der Waals surface area contributed by atoms with Gasteiger partial charge in [-0.25, -0.2) is 9.59 Å². The molecule has 0 spiro atoms. The molecule has 19 heteroatoms. The third kappa shape index (κ3) is 13.3. The molecule has 9 unspecified atom stereocenters. The monoisotopic (exact) mass is 814 g/mol. The highest BCUT2D eigenvalue weighted by Crippen LogP contribution is 2.27. The summed E-state index contributed by atoms with van der Waals surface area (Å²) in [6.45, 7) is 4.59. The minimum Gasteiger partial charge on any atom is -0.429 e. The number of aliphatic hydroxyl groups is 11. The molecule has 15 atom stereocenters. The zero-order chi connectivity index (χ0) is 42.6. The summed E-state index contributed by atoms with van der Waals surface area (Å²) in [7, 11) is 0. The Balaban J connectivity index is 1.48. The highest BCUT2D eigenvalue weighted by molar-refractivity contribution is 5.88. The summed E-state index contributed by atoms with van der Waals surface area (Å²) in [6.07, 6.45) is -7.55. The smallest absolute Gasteiger partial charge is 0.336 e. The molecule has 0 aromatic heterocycles. The van der Waals surface area contributed by atoms with Gasteiger partial charge in [0.15, 0.2) is 6.29 Å². The van der Waals surface area contributed by atoms with Crippen LogP contribution in [0.2, 0.25) is 0 Å². The van der Waals surface area contributed by atoms with E-state index in [0.717, 1.165) is 11.1 Å². The van der Waals surface area contributed by atoms with Crippen molar-refractivity contribution in [1.82, 2.24) is 0 Å². The molecule has 3 aliphatic heterocycles. The number of hydrogen-bond donors (Lipinski definition) is 11. The molecule has 3 heterocycles. The number of hydrogen-bond acceptors (Lipinski definition) is 19. The van der Waals surface area contributed by atoms with Gasteiger partial charge in [0.05, 0.1) is 19.8 Å². The lowest BCUT2D eigenvalue weighted by Crippen LogP contribution is -2.61. The normalized spacial score (nSPS) is 37.6. The Kier molecular flexibility index (Phi) is 19.0. The van der Waals surface area contributed by atoms with Crippen LogP contribution in [0.3, 0.4) is 0 Å². The molecule has 0 radical (unpaired) electrons. The van der Waals surface area contributed by atoms with Crippen LogP contribution < -0.4 is 0 Å². The van der Waals surface area contributed by atoms with E-state index in [1.165, 1.54) is 26.0 Å². The molecule has 0 bridgehead atoms. The van der Waals surface area contributed by atoms with Gasteiger partial charge >= 0.3 is 11.9 Å². The van der Waals surface area contributed by atoms with Crippen molar-refractivity contribution in [2.24, 2.45) is 0 Å². The van der Waals surface area contributed by atoms with E-state index in [4.69, 9.17) is 28.4 Å². The lowest BCUT2D eigenvalue weighted by molar-refractivity contribution is -0.326. The topological polar surface area (TPSA) is 312 Å². The largest absolute Gasteiger partial charge is 0.429 e. The third-order valence-corrected chi connectivity index (χ3v) is 9.12. The molecule has 3 rings (SSSR count). The van der Waals surface area contributed by atoms with E-state index in [1.807, 2.05) is 6.92 Å². The van der Waals surface area contributed by atoms with E-state index in [9.17, 15) is 65.8 Å². The Hall–Kier alpha value is -3.48. The number of carbonyl (C=O) groups is 2. The van der Waals surface area contributed by atoms with Gasteiger partial charge in [0.2, 0.25) is 12.6 Å². The van der Waals surface area contributed by atoms with Gasteiger partial charge in [0, 0.05) is 11.1 Å². The number of carbonyl (C=O) groups excluding carboxylic acids is 2. The number of allylic oxidation sites excluding steroid dienone is 12. The zero-order valence-electron chi connectivity index (χ0n) is 31.7. The van der Waals surface area contributed by atoms with Crippen LogP contribution in [0, 0.1) is 0 Å². The summed E-state index contributed by atoms with van der Waals surface area (Å²) < 4.78 is 31.6. The van der Waals surface area contributed by atoms with Crippen molar-refractivity contribution in [3.8, 4) is 0 Å². The predicted molar refractivity (Wildman–Crippen MR) is 195 cm³/mol. The van der Waals surface area contributed by atoms with Gasteiger partial charge in [-0.2, -0.15) is 0 Å². The number of rotatable bonds is 15. The van der Waals surface area contributed by atoms with Gasteiger partial charge in [0.25, 0.3) is 0 Å². The van der Waals surface area contributed by atoms with Gasteiger partial charge in [-0.1, -0.05) is 71.9 Å². The Morgan fingerprint density at radius 1 is 0.474 bits per heavy atom. The molecule has 11 N–H and O–H groups in total. The van der Waals surface area contributed by atoms with Crippen molar-refractivity contribution in [1.29, 1.82) is 0 Å². The van der Waals surface area contributed by atoms with Crippen LogP contribution in [0.1, 0.15) is 27.7 Å². The zero-order valence-corrected chi connectivity index (χ0v) is 31.7. The van der Waals surface area contributed by atoms with E-state index >= 15 is 0 Å². The van der Waals surface area contributed by atoms with Crippen LogP contribution in [-0.2, 0) is 38.0 Å². The number of ether oxygens (including phenoxy) is 6. The summed E-state index contributed by atoms with van der Waals surface area (Å²) in [6, 6.07) is 0. The molecule has 19 nitrogen and oxygen atoms in total. The van der Waals surface area contributed by atoms with E-state index in [-0.39, 0.29) is 11.1 Å². The summed E-state index contributed by atoms with van der Waals surface area (Å²) in [5, 5.41) is 110. The van der Waals surface area contributed by atoms with Crippen LogP contribution in [-0.4, -0.2) is 180 Å². The van der Waals surface area contributed by atoms with Crippen LogP contribution in [0.4, 0.5) is 0 Å². The van der Waals surface area contributed by atoms with Crippen molar-refractivity contribution in [2.75, 3.05) is 19.8 Å². The van der Waals surface area contributed by atoms with Gasteiger partial charge in [-0.15, -0.1) is 0 Å². The molecule has 3 saturated heterocycles. The molecule has 320 valence electrons. The molecule has 3 fully saturated rings. The molecule has 0 amide bonds. The Bertz CT molecular complexity index is 1550. The quantitative estimate of drug-likeness (QED) is 0.0445. The SMILES string of the molecule is CC(=C/C=C/C=C(C)/C=C/C=C(\C)C(=O)O[C@@H]1OC(CO[C@@H]2OC(CO)[C@@H](O)C(O)C2O)[C@@H](O)C(O)C1O)/C=C/C=C(\C)C(=O)O[C@@H]1OC(CO)[C@@H](O)C(O)C1O. The van der Waals surface area contributed by atoms with Crippen molar-refractivity contribution >= 4 is 11.9 Å². The van der Waals surface area contributed by atoms with Gasteiger partial charge < -0.3 is 84.6 Å².